The Labute approximate surface area is 100.0 Å². The van der Waals surface area contributed by atoms with Crippen LogP contribution >= 0.6 is 0 Å². The summed E-state index contributed by atoms with van der Waals surface area (Å²) in [5.74, 6) is 0.391. The molecule has 1 saturated carbocycles. The summed E-state index contributed by atoms with van der Waals surface area (Å²) in [6, 6.07) is 4.29. The second kappa shape index (κ2) is 5.27. The van der Waals surface area contributed by atoms with Crippen molar-refractivity contribution in [2.75, 3.05) is 20.2 Å². The monoisotopic (exact) mass is 237 g/mol. The predicted octanol–water partition coefficient (Wildman–Crippen LogP) is 2.02. The molecule has 0 bridgehead atoms. The average molecular weight is 237 g/mol. The Balaban J connectivity index is 1.92. The molecule has 1 fully saturated rings. The molecule has 17 heavy (non-hydrogen) atoms. The van der Waals surface area contributed by atoms with E-state index in [-0.39, 0.29) is 17.9 Å². The number of carbonyl (C=O) groups is 1. The number of hydrogen-bond acceptors (Lipinski definition) is 3. The number of carbonyl (C=O) groups excluding carboxylic acids is 1. The third-order valence-corrected chi connectivity index (χ3v) is 2.89. The maximum Gasteiger partial charge on any atom is 0.179 e. The number of halogens is 1. The minimum Gasteiger partial charge on any atom is -0.497 e. The molecule has 1 aliphatic carbocycles. The quantitative estimate of drug-likeness (QED) is 0.769. The van der Waals surface area contributed by atoms with Gasteiger partial charge in [-0.25, -0.2) is 4.39 Å². The zero-order valence-electron chi connectivity index (χ0n) is 9.83. The summed E-state index contributed by atoms with van der Waals surface area (Å²) in [7, 11) is 1.47. The van der Waals surface area contributed by atoms with Crippen molar-refractivity contribution in [3.8, 4) is 5.75 Å². The number of hydrogen-bond donors (Lipinski definition) is 1. The highest BCUT2D eigenvalue weighted by Crippen LogP contribution is 2.27. The van der Waals surface area contributed by atoms with Gasteiger partial charge in [0.15, 0.2) is 5.78 Å². The average Bonchev–Trinajstić information content (AvgIpc) is 3.12. The van der Waals surface area contributed by atoms with E-state index < -0.39 is 5.82 Å². The van der Waals surface area contributed by atoms with Crippen LogP contribution in [0.3, 0.4) is 0 Å². The molecule has 2 rings (SSSR count). The highest BCUT2D eigenvalue weighted by Gasteiger charge is 2.21. The second-order valence-corrected chi connectivity index (χ2v) is 4.34. The van der Waals surface area contributed by atoms with Gasteiger partial charge >= 0.3 is 0 Å². The standard InChI is InChI=1S/C13H16FNO2/c1-17-10-4-5-11(12(14)6-10)13(16)8-15-7-9-2-3-9/h4-6,9,15H,2-3,7-8H2,1H3. The summed E-state index contributed by atoms with van der Waals surface area (Å²) < 4.78 is 18.4. The van der Waals surface area contributed by atoms with Crippen molar-refractivity contribution >= 4 is 5.78 Å². The van der Waals surface area contributed by atoms with Crippen molar-refractivity contribution in [1.82, 2.24) is 5.32 Å². The predicted molar refractivity (Wildman–Crippen MR) is 62.9 cm³/mol. The van der Waals surface area contributed by atoms with Crippen LogP contribution in [0.4, 0.5) is 4.39 Å². The van der Waals surface area contributed by atoms with Crippen LogP contribution in [-0.4, -0.2) is 26.0 Å². The number of ketones is 1. The van der Waals surface area contributed by atoms with Crippen molar-refractivity contribution in [2.24, 2.45) is 5.92 Å². The first kappa shape index (κ1) is 12.0. The van der Waals surface area contributed by atoms with Crippen LogP contribution in [0.2, 0.25) is 0 Å². The topological polar surface area (TPSA) is 38.3 Å². The van der Waals surface area contributed by atoms with Crippen LogP contribution in [0.5, 0.6) is 5.75 Å². The van der Waals surface area contributed by atoms with E-state index in [4.69, 9.17) is 4.74 Å². The summed E-state index contributed by atoms with van der Waals surface area (Å²) in [5.41, 5.74) is 0.120. The molecule has 0 unspecified atom stereocenters. The van der Waals surface area contributed by atoms with Crippen LogP contribution in [0, 0.1) is 11.7 Å². The second-order valence-electron chi connectivity index (χ2n) is 4.34. The van der Waals surface area contributed by atoms with Crippen LogP contribution in [0.15, 0.2) is 18.2 Å². The smallest absolute Gasteiger partial charge is 0.179 e. The fourth-order valence-corrected chi connectivity index (χ4v) is 1.66. The van der Waals surface area contributed by atoms with E-state index in [9.17, 15) is 9.18 Å². The van der Waals surface area contributed by atoms with E-state index in [0.29, 0.717) is 11.7 Å². The van der Waals surface area contributed by atoms with Gasteiger partial charge in [-0.05, 0) is 37.4 Å². The lowest BCUT2D eigenvalue weighted by molar-refractivity contribution is 0.0987. The number of benzene rings is 1. The van der Waals surface area contributed by atoms with Gasteiger partial charge in [0.1, 0.15) is 11.6 Å². The van der Waals surface area contributed by atoms with E-state index >= 15 is 0 Å². The largest absolute Gasteiger partial charge is 0.497 e. The molecular formula is C13H16FNO2. The van der Waals surface area contributed by atoms with Gasteiger partial charge in [0.2, 0.25) is 0 Å². The number of nitrogens with one attached hydrogen (secondary N) is 1. The third-order valence-electron chi connectivity index (χ3n) is 2.89. The van der Waals surface area contributed by atoms with Gasteiger partial charge in [-0.15, -0.1) is 0 Å². The Morgan fingerprint density at radius 2 is 2.29 bits per heavy atom. The molecule has 1 aromatic carbocycles. The SMILES string of the molecule is COc1ccc(C(=O)CNCC2CC2)c(F)c1. The summed E-state index contributed by atoms with van der Waals surface area (Å²) in [5, 5.41) is 3.05. The Morgan fingerprint density at radius 3 is 2.88 bits per heavy atom. The number of ether oxygens (including phenoxy) is 1. The lowest BCUT2D eigenvalue weighted by atomic mass is 10.1. The first-order chi connectivity index (χ1) is 8.20. The molecule has 0 spiro atoms. The highest BCUT2D eigenvalue weighted by molar-refractivity contribution is 5.98. The molecule has 0 amide bonds. The van der Waals surface area contributed by atoms with Crippen LogP contribution < -0.4 is 10.1 Å². The fraction of sp³-hybridized carbons (Fsp3) is 0.462. The van der Waals surface area contributed by atoms with Gasteiger partial charge < -0.3 is 10.1 Å². The molecule has 0 aromatic heterocycles. The molecule has 0 radical (unpaired) electrons. The van der Waals surface area contributed by atoms with Crippen LogP contribution in [-0.2, 0) is 0 Å². The van der Waals surface area contributed by atoms with Crippen molar-refractivity contribution < 1.29 is 13.9 Å². The van der Waals surface area contributed by atoms with Gasteiger partial charge in [-0.1, -0.05) is 0 Å². The highest BCUT2D eigenvalue weighted by atomic mass is 19.1. The summed E-state index contributed by atoms with van der Waals surface area (Å²) in [4.78, 5) is 11.7. The molecule has 0 saturated heterocycles. The normalized spacial score (nSPS) is 14.7. The molecule has 3 nitrogen and oxygen atoms in total. The summed E-state index contributed by atoms with van der Waals surface area (Å²) in [6.07, 6.45) is 2.47. The molecule has 0 heterocycles. The van der Waals surface area contributed by atoms with E-state index in [1.807, 2.05) is 0 Å². The maximum absolute atomic E-state index is 13.6. The Hall–Kier alpha value is -1.42. The van der Waals surface area contributed by atoms with Crippen molar-refractivity contribution in [1.29, 1.82) is 0 Å². The fourth-order valence-electron chi connectivity index (χ4n) is 1.66. The lowest BCUT2D eigenvalue weighted by Crippen LogP contribution is -2.25. The molecule has 0 aliphatic heterocycles. The lowest BCUT2D eigenvalue weighted by Gasteiger charge is -2.06. The van der Waals surface area contributed by atoms with E-state index in [2.05, 4.69) is 5.32 Å². The zero-order chi connectivity index (χ0) is 12.3. The minimum absolute atomic E-state index is 0.120. The first-order valence-electron chi connectivity index (χ1n) is 5.78. The van der Waals surface area contributed by atoms with Gasteiger partial charge in [-0.3, -0.25) is 4.79 Å². The summed E-state index contributed by atoms with van der Waals surface area (Å²) >= 11 is 0. The Bertz CT molecular complexity index is 416. The number of Topliss-reactive ketones (excluding diaryl/α,β-unsaturated/α-hetero) is 1. The van der Waals surface area contributed by atoms with Gasteiger partial charge in [0.05, 0.1) is 19.2 Å². The van der Waals surface area contributed by atoms with Gasteiger partial charge in [0.25, 0.3) is 0 Å². The van der Waals surface area contributed by atoms with Crippen molar-refractivity contribution in [3.63, 3.8) is 0 Å². The molecular weight excluding hydrogens is 221 g/mol. The van der Waals surface area contributed by atoms with E-state index in [0.717, 1.165) is 6.54 Å². The zero-order valence-corrected chi connectivity index (χ0v) is 9.83. The molecule has 4 heteroatoms. The van der Waals surface area contributed by atoms with Crippen molar-refractivity contribution in [3.05, 3.63) is 29.6 Å². The van der Waals surface area contributed by atoms with Crippen LogP contribution in [0.25, 0.3) is 0 Å². The minimum atomic E-state index is -0.525. The first-order valence-corrected chi connectivity index (χ1v) is 5.78. The summed E-state index contributed by atoms with van der Waals surface area (Å²) in [6.45, 7) is 1.04. The van der Waals surface area contributed by atoms with Crippen molar-refractivity contribution in [2.45, 2.75) is 12.8 Å². The number of rotatable bonds is 6. The van der Waals surface area contributed by atoms with E-state index in [1.54, 1.807) is 6.07 Å². The molecule has 1 N–H and O–H groups in total. The van der Waals surface area contributed by atoms with Gasteiger partial charge in [0, 0.05) is 6.07 Å². The Kier molecular flexibility index (Phi) is 3.74. The molecule has 92 valence electrons. The molecule has 0 atom stereocenters. The molecule has 1 aliphatic rings. The van der Waals surface area contributed by atoms with Gasteiger partial charge in [-0.2, -0.15) is 0 Å². The molecule has 1 aromatic rings. The number of methoxy groups -OCH3 is 1. The van der Waals surface area contributed by atoms with Crippen LogP contribution in [0.1, 0.15) is 23.2 Å². The maximum atomic E-state index is 13.6. The third kappa shape index (κ3) is 3.27. The van der Waals surface area contributed by atoms with E-state index in [1.165, 1.54) is 32.1 Å². The Morgan fingerprint density at radius 1 is 1.53 bits per heavy atom.